The minimum atomic E-state index is -0.299. The largest absolute Gasteiger partial charge is 0.470 e. The number of rotatable bonds is 5. The van der Waals surface area contributed by atoms with Gasteiger partial charge in [0.2, 0.25) is 5.88 Å². The van der Waals surface area contributed by atoms with Gasteiger partial charge in [-0.25, -0.2) is 9.78 Å². The van der Waals surface area contributed by atoms with E-state index in [1.165, 1.54) is 6.20 Å². The summed E-state index contributed by atoms with van der Waals surface area (Å²) in [5.74, 6) is 0.145. The number of hydrogen-bond donors (Lipinski definition) is 3. The standard InChI is InChI=1S/C21H18N4O3/c1-13(14-5-3-2-4-6-14)28-19-10-7-15(12-22-19)20(26)23-16-8-9-17-18(11-16)25-21(27)24-17/h2-13H,1H3,(H,23,26)(H2,24,25,27)/t13-/m0/s1. The number of amides is 1. The van der Waals surface area contributed by atoms with Crippen LogP contribution in [0.5, 0.6) is 5.88 Å². The Morgan fingerprint density at radius 2 is 1.82 bits per heavy atom. The fraction of sp³-hybridized carbons (Fsp3) is 0.0952. The van der Waals surface area contributed by atoms with Gasteiger partial charge >= 0.3 is 5.69 Å². The summed E-state index contributed by atoms with van der Waals surface area (Å²) in [4.78, 5) is 33.3. The summed E-state index contributed by atoms with van der Waals surface area (Å²) in [7, 11) is 0. The molecule has 140 valence electrons. The van der Waals surface area contributed by atoms with Gasteiger partial charge in [-0.2, -0.15) is 0 Å². The third-order valence-corrected chi connectivity index (χ3v) is 4.34. The van der Waals surface area contributed by atoms with Crippen LogP contribution in [0, 0.1) is 0 Å². The number of fused-ring (bicyclic) bond motifs is 1. The normalized spacial score (nSPS) is 11.9. The Morgan fingerprint density at radius 3 is 2.57 bits per heavy atom. The number of aromatic amines is 2. The van der Waals surface area contributed by atoms with E-state index in [4.69, 9.17) is 4.74 Å². The van der Waals surface area contributed by atoms with Gasteiger partial charge in [-0.3, -0.25) is 4.79 Å². The molecule has 3 N–H and O–H groups in total. The summed E-state index contributed by atoms with van der Waals surface area (Å²) in [6.07, 6.45) is 1.32. The number of imidazole rings is 1. The van der Waals surface area contributed by atoms with Crippen molar-refractivity contribution in [1.82, 2.24) is 15.0 Å². The van der Waals surface area contributed by atoms with Crippen LogP contribution in [0.3, 0.4) is 0 Å². The number of anilines is 1. The first kappa shape index (κ1) is 17.5. The average Bonchev–Trinajstić information content (AvgIpc) is 3.08. The number of benzene rings is 2. The third-order valence-electron chi connectivity index (χ3n) is 4.34. The highest BCUT2D eigenvalue weighted by Gasteiger charge is 2.11. The predicted octanol–water partition coefficient (Wildman–Crippen LogP) is 3.64. The number of nitrogens with zero attached hydrogens (tertiary/aromatic N) is 1. The monoisotopic (exact) mass is 374 g/mol. The molecule has 0 unspecified atom stereocenters. The van der Waals surface area contributed by atoms with Crippen molar-refractivity contribution in [3.8, 4) is 5.88 Å². The summed E-state index contributed by atoms with van der Waals surface area (Å²) in [6, 6.07) is 18.3. The van der Waals surface area contributed by atoms with Crippen LogP contribution in [0.25, 0.3) is 11.0 Å². The highest BCUT2D eigenvalue weighted by molar-refractivity contribution is 6.04. The predicted molar refractivity (Wildman–Crippen MR) is 107 cm³/mol. The molecular formula is C21H18N4O3. The molecule has 2 aromatic heterocycles. The second-order valence-electron chi connectivity index (χ2n) is 6.35. The molecule has 4 rings (SSSR count). The summed E-state index contributed by atoms with van der Waals surface area (Å²) in [5.41, 5.74) is 3.04. The summed E-state index contributed by atoms with van der Waals surface area (Å²) in [5, 5.41) is 2.79. The topological polar surface area (TPSA) is 99.9 Å². The van der Waals surface area contributed by atoms with E-state index in [0.29, 0.717) is 28.2 Å². The van der Waals surface area contributed by atoms with Gasteiger partial charge in [0.1, 0.15) is 6.10 Å². The molecular weight excluding hydrogens is 356 g/mol. The number of hydrogen-bond acceptors (Lipinski definition) is 4. The molecule has 7 nitrogen and oxygen atoms in total. The van der Waals surface area contributed by atoms with Gasteiger partial charge in [-0.1, -0.05) is 30.3 Å². The molecule has 4 aromatic rings. The molecule has 0 fully saturated rings. The van der Waals surface area contributed by atoms with Crippen LogP contribution in [-0.4, -0.2) is 20.9 Å². The Labute approximate surface area is 160 Å². The molecule has 1 atom stereocenters. The fourth-order valence-electron chi connectivity index (χ4n) is 2.87. The molecule has 7 heteroatoms. The van der Waals surface area contributed by atoms with Crippen LogP contribution in [0.1, 0.15) is 28.9 Å². The van der Waals surface area contributed by atoms with Crippen LogP contribution in [0.2, 0.25) is 0 Å². The third kappa shape index (κ3) is 3.78. The van der Waals surface area contributed by atoms with E-state index in [1.807, 2.05) is 37.3 Å². The number of nitrogens with one attached hydrogen (secondary N) is 3. The molecule has 0 aliphatic carbocycles. The first-order valence-corrected chi connectivity index (χ1v) is 8.79. The van der Waals surface area contributed by atoms with Crippen LogP contribution < -0.4 is 15.7 Å². The molecule has 0 radical (unpaired) electrons. The van der Waals surface area contributed by atoms with E-state index >= 15 is 0 Å². The lowest BCUT2D eigenvalue weighted by Crippen LogP contribution is -2.12. The fourth-order valence-corrected chi connectivity index (χ4v) is 2.87. The zero-order valence-corrected chi connectivity index (χ0v) is 15.1. The van der Waals surface area contributed by atoms with Crippen LogP contribution in [0.4, 0.5) is 5.69 Å². The lowest BCUT2D eigenvalue weighted by Gasteiger charge is -2.14. The number of carbonyl (C=O) groups is 1. The Hall–Kier alpha value is -3.87. The molecule has 0 saturated heterocycles. The Balaban J connectivity index is 1.43. The Morgan fingerprint density at radius 1 is 1.04 bits per heavy atom. The maximum absolute atomic E-state index is 12.4. The number of pyridine rings is 1. The van der Waals surface area contributed by atoms with Crippen molar-refractivity contribution >= 4 is 22.6 Å². The molecule has 0 aliphatic rings. The van der Waals surface area contributed by atoms with Crippen molar-refractivity contribution < 1.29 is 9.53 Å². The minimum absolute atomic E-state index is 0.149. The van der Waals surface area contributed by atoms with Crippen molar-refractivity contribution in [3.63, 3.8) is 0 Å². The second kappa shape index (κ2) is 7.40. The van der Waals surface area contributed by atoms with Gasteiger partial charge in [-0.05, 0) is 36.8 Å². The lowest BCUT2D eigenvalue weighted by molar-refractivity contribution is 0.102. The van der Waals surface area contributed by atoms with Crippen LogP contribution in [0.15, 0.2) is 71.7 Å². The number of carbonyl (C=O) groups excluding carboxylic acids is 1. The Bertz CT molecular complexity index is 1160. The second-order valence-corrected chi connectivity index (χ2v) is 6.35. The zero-order valence-electron chi connectivity index (χ0n) is 15.1. The molecule has 0 saturated carbocycles. The summed E-state index contributed by atoms with van der Waals surface area (Å²) >= 11 is 0. The smallest absolute Gasteiger partial charge is 0.323 e. The molecule has 28 heavy (non-hydrogen) atoms. The highest BCUT2D eigenvalue weighted by atomic mass is 16.5. The highest BCUT2D eigenvalue weighted by Crippen LogP contribution is 2.20. The Kier molecular flexibility index (Phi) is 4.63. The summed E-state index contributed by atoms with van der Waals surface area (Å²) < 4.78 is 5.82. The van der Waals surface area contributed by atoms with E-state index in [1.54, 1.807) is 30.3 Å². The van der Waals surface area contributed by atoms with E-state index in [0.717, 1.165) is 5.56 Å². The van der Waals surface area contributed by atoms with Crippen LogP contribution >= 0.6 is 0 Å². The average molecular weight is 374 g/mol. The van der Waals surface area contributed by atoms with E-state index in [-0.39, 0.29) is 17.7 Å². The molecule has 2 aromatic carbocycles. The van der Waals surface area contributed by atoms with Gasteiger partial charge in [0.15, 0.2) is 0 Å². The number of ether oxygens (including phenoxy) is 1. The van der Waals surface area contributed by atoms with Crippen molar-refractivity contribution in [2.24, 2.45) is 0 Å². The summed E-state index contributed by atoms with van der Waals surface area (Å²) in [6.45, 7) is 1.94. The maximum Gasteiger partial charge on any atom is 0.323 e. The molecule has 2 heterocycles. The quantitative estimate of drug-likeness (QED) is 0.496. The van der Waals surface area contributed by atoms with Crippen molar-refractivity contribution in [3.05, 3.63) is 88.5 Å². The van der Waals surface area contributed by atoms with Gasteiger partial charge in [0.05, 0.1) is 16.6 Å². The number of aromatic nitrogens is 3. The molecule has 0 spiro atoms. The lowest BCUT2D eigenvalue weighted by atomic mass is 10.1. The van der Waals surface area contributed by atoms with Gasteiger partial charge in [0.25, 0.3) is 5.91 Å². The first-order chi connectivity index (χ1) is 13.6. The first-order valence-electron chi connectivity index (χ1n) is 8.79. The van der Waals surface area contributed by atoms with Crippen LogP contribution in [-0.2, 0) is 0 Å². The molecule has 1 amide bonds. The van der Waals surface area contributed by atoms with Crippen molar-refractivity contribution in [2.45, 2.75) is 13.0 Å². The zero-order chi connectivity index (χ0) is 19.5. The number of H-pyrrole nitrogens is 2. The minimum Gasteiger partial charge on any atom is -0.470 e. The van der Waals surface area contributed by atoms with E-state index in [2.05, 4.69) is 20.3 Å². The van der Waals surface area contributed by atoms with Gasteiger partial charge in [-0.15, -0.1) is 0 Å². The van der Waals surface area contributed by atoms with E-state index in [9.17, 15) is 9.59 Å². The van der Waals surface area contributed by atoms with Crippen molar-refractivity contribution in [2.75, 3.05) is 5.32 Å². The molecule has 0 aliphatic heterocycles. The maximum atomic E-state index is 12.4. The molecule has 0 bridgehead atoms. The van der Waals surface area contributed by atoms with Crippen molar-refractivity contribution in [1.29, 1.82) is 0 Å². The van der Waals surface area contributed by atoms with Gasteiger partial charge < -0.3 is 20.0 Å². The van der Waals surface area contributed by atoms with Gasteiger partial charge in [0, 0.05) is 18.0 Å². The SMILES string of the molecule is C[C@H](Oc1ccc(C(=O)Nc2ccc3[nH]c(=O)[nH]c3c2)cn1)c1ccccc1. The van der Waals surface area contributed by atoms with E-state index < -0.39 is 0 Å².